The molecule has 8 heteroatoms. The lowest BCUT2D eigenvalue weighted by Crippen LogP contribution is -2.54. The van der Waals surface area contributed by atoms with Crippen LogP contribution in [0.2, 0.25) is 0 Å². The van der Waals surface area contributed by atoms with Gasteiger partial charge in [-0.25, -0.2) is 9.37 Å². The fourth-order valence-corrected chi connectivity index (χ4v) is 3.68. The summed E-state index contributed by atoms with van der Waals surface area (Å²) in [5.41, 5.74) is 1.82. The Morgan fingerprint density at radius 1 is 1.13 bits per heavy atom. The van der Waals surface area contributed by atoms with E-state index in [0.717, 1.165) is 5.56 Å². The highest BCUT2D eigenvalue weighted by atomic mass is 19.1. The third-order valence-corrected chi connectivity index (χ3v) is 5.20. The van der Waals surface area contributed by atoms with Gasteiger partial charge in [-0.2, -0.15) is 0 Å². The largest absolute Gasteiger partial charge is 0.396 e. The van der Waals surface area contributed by atoms with Crippen LogP contribution in [-0.4, -0.2) is 57.1 Å². The van der Waals surface area contributed by atoms with Gasteiger partial charge in [0.15, 0.2) is 11.5 Å². The average Bonchev–Trinajstić information content (AvgIpc) is 3.12. The molecular weight excluding hydrogens is 387 g/mol. The number of nitrogens with zero attached hydrogens (tertiary/aromatic N) is 4. The Kier molecular flexibility index (Phi) is 5.52. The predicted octanol–water partition coefficient (Wildman–Crippen LogP) is 2.29. The van der Waals surface area contributed by atoms with Crippen molar-refractivity contribution in [3.63, 3.8) is 0 Å². The van der Waals surface area contributed by atoms with E-state index in [4.69, 9.17) is 0 Å². The molecule has 1 aliphatic heterocycles. The lowest BCUT2D eigenvalue weighted by Gasteiger charge is -2.38. The number of benzene rings is 2. The van der Waals surface area contributed by atoms with E-state index >= 15 is 0 Å². The zero-order chi connectivity index (χ0) is 21.3. The molecule has 1 amide bonds. The molecule has 0 radical (unpaired) electrons. The number of imidazole rings is 1. The molecule has 4 rings (SSSR count). The Morgan fingerprint density at radius 3 is 2.60 bits per heavy atom. The van der Waals surface area contributed by atoms with Crippen molar-refractivity contribution in [2.24, 2.45) is 0 Å². The number of anilines is 1. The molecule has 0 saturated heterocycles. The molecule has 0 saturated carbocycles. The van der Waals surface area contributed by atoms with E-state index in [1.165, 1.54) is 21.9 Å². The molecule has 2 heterocycles. The zero-order valence-electron chi connectivity index (χ0n) is 16.6. The number of fused-ring (bicyclic) bond motifs is 1. The molecule has 2 N–H and O–H groups in total. The van der Waals surface area contributed by atoms with Crippen LogP contribution >= 0.6 is 0 Å². The Morgan fingerprint density at radius 2 is 1.90 bits per heavy atom. The third-order valence-electron chi connectivity index (χ3n) is 5.20. The molecule has 1 aromatic heterocycles. The number of hydrogen-bond acceptors (Lipinski definition) is 5. The maximum absolute atomic E-state index is 13.9. The second-order valence-electron chi connectivity index (χ2n) is 7.22. The van der Waals surface area contributed by atoms with Crippen molar-refractivity contribution in [3.05, 3.63) is 71.7 Å². The summed E-state index contributed by atoms with van der Waals surface area (Å²) in [7, 11) is 1.65. The summed E-state index contributed by atoms with van der Waals surface area (Å²) in [5.74, 6) is 0.00172. The van der Waals surface area contributed by atoms with Crippen LogP contribution in [0.1, 0.15) is 22.5 Å². The zero-order valence-corrected chi connectivity index (χ0v) is 16.6. The molecule has 0 bridgehead atoms. The molecule has 1 aliphatic rings. The lowest BCUT2D eigenvalue weighted by atomic mass is 10.1. The molecule has 0 spiro atoms. The SMILES string of the molecule is CN1c2nc(-c3cccc(F)c3)n(Cc3ccccc3)c2C(=O)N(CCCO)C1O. The number of carbonyl (C=O) groups excluding carboxylic acids is 1. The monoisotopic (exact) mass is 410 g/mol. The number of aliphatic hydroxyl groups excluding tert-OH is 2. The average molecular weight is 410 g/mol. The second-order valence-corrected chi connectivity index (χ2v) is 7.22. The number of rotatable bonds is 6. The van der Waals surface area contributed by atoms with Gasteiger partial charge in [-0.15, -0.1) is 0 Å². The normalized spacial score (nSPS) is 16.1. The first kappa shape index (κ1) is 20.1. The summed E-state index contributed by atoms with van der Waals surface area (Å²) in [5, 5.41) is 19.8. The summed E-state index contributed by atoms with van der Waals surface area (Å²) in [4.78, 5) is 20.8. The highest BCUT2D eigenvalue weighted by Crippen LogP contribution is 2.34. The van der Waals surface area contributed by atoms with Gasteiger partial charge in [0.1, 0.15) is 11.6 Å². The highest BCUT2D eigenvalue weighted by molar-refractivity contribution is 6.00. The summed E-state index contributed by atoms with van der Waals surface area (Å²) < 4.78 is 15.7. The predicted molar refractivity (Wildman–Crippen MR) is 110 cm³/mol. The maximum Gasteiger partial charge on any atom is 0.277 e. The van der Waals surface area contributed by atoms with E-state index in [2.05, 4.69) is 4.98 Å². The molecule has 30 heavy (non-hydrogen) atoms. The molecule has 1 atom stereocenters. The second kappa shape index (κ2) is 8.25. The van der Waals surface area contributed by atoms with Gasteiger partial charge in [0.25, 0.3) is 5.91 Å². The topological polar surface area (TPSA) is 81.8 Å². The summed E-state index contributed by atoms with van der Waals surface area (Å²) in [6.07, 6.45) is -0.854. The lowest BCUT2D eigenvalue weighted by molar-refractivity contribution is 0.00114. The van der Waals surface area contributed by atoms with Gasteiger partial charge < -0.3 is 19.7 Å². The van der Waals surface area contributed by atoms with Crippen molar-refractivity contribution in [2.75, 3.05) is 25.1 Å². The maximum atomic E-state index is 13.9. The first-order chi connectivity index (χ1) is 14.5. The van der Waals surface area contributed by atoms with Gasteiger partial charge in [0.05, 0.1) is 0 Å². The number of aromatic nitrogens is 2. The molecule has 7 nitrogen and oxygen atoms in total. The van der Waals surface area contributed by atoms with Crippen LogP contribution in [0.15, 0.2) is 54.6 Å². The van der Waals surface area contributed by atoms with Crippen LogP contribution in [0.4, 0.5) is 10.2 Å². The van der Waals surface area contributed by atoms with Crippen molar-refractivity contribution in [1.82, 2.24) is 14.5 Å². The van der Waals surface area contributed by atoms with E-state index in [1.807, 2.05) is 30.3 Å². The van der Waals surface area contributed by atoms with E-state index in [1.54, 1.807) is 23.7 Å². The molecule has 3 aromatic rings. The summed E-state index contributed by atoms with van der Waals surface area (Å²) in [6.45, 7) is 0.468. The summed E-state index contributed by atoms with van der Waals surface area (Å²) in [6, 6.07) is 15.7. The van der Waals surface area contributed by atoms with Crippen molar-refractivity contribution in [2.45, 2.75) is 19.3 Å². The van der Waals surface area contributed by atoms with Gasteiger partial charge in [-0.05, 0) is 24.1 Å². The minimum Gasteiger partial charge on any atom is -0.396 e. The van der Waals surface area contributed by atoms with E-state index in [-0.39, 0.29) is 19.1 Å². The van der Waals surface area contributed by atoms with Crippen molar-refractivity contribution in [1.29, 1.82) is 0 Å². The van der Waals surface area contributed by atoms with Crippen LogP contribution in [0, 0.1) is 5.82 Å². The van der Waals surface area contributed by atoms with Crippen LogP contribution in [0.5, 0.6) is 0 Å². The number of aliphatic hydroxyl groups is 2. The minimum absolute atomic E-state index is 0.0924. The smallest absolute Gasteiger partial charge is 0.277 e. The fourth-order valence-electron chi connectivity index (χ4n) is 3.68. The molecule has 0 aliphatic carbocycles. The van der Waals surface area contributed by atoms with Gasteiger partial charge >= 0.3 is 0 Å². The first-order valence-corrected chi connectivity index (χ1v) is 9.74. The Labute approximate surface area is 173 Å². The Bertz CT molecular complexity index is 1050. The van der Waals surface area contributed by atoms with Crippen molar-refractivity contribution in [3.8, 4) is 11.4 Å². The Hall–Kier alpha value is -3.23. The number of amides is 1. The van der Waals surface area contributed by atoms with E-state index in [9.17, 15) is 19.4 Å². The summed E-state index contributed by atoms with van der Waals surface area (Å²) >= 11 is 0. The van der Waals surface area contributed by atoms with Crippen LogP contribution < -0.4 is 4.90 Å². The number of hydrogen-bond donors (Lipinski definition) is 2. The van der Waals surface area contributed by atoms with Gasteiger partial charge in [-0.1, -0.05) is 42.5 Å². The van der Waals surface area contributed by atoms with Crippen molar-refractivity contribution >= 4 is 11.7 Å². The van der Waals surface area contributed by atoms with Crippen LogP contribution in [0.25, 0.3) is 11.4 Å². The minimum atomic E-state index is -1.20. The quantitative estimate of drug-likeness (QED) is 0.652. The number of halogens is 1. The third kappa shape index (κ3) is 3.55. The van der Waals surface area contributed by atoms with E-state index < -0.39 is 12.2 Å². The van der Waals surface area contributed by atoms with Gasteiger partial charge in [0.2, 0.25) is 6.35 Å². The van der Waals surface area contributed by atoms with Crippen LogP contribution in [0.3, 0.4) is 0 Å². The first-order valence-electron chi connectivity index (χ1n) is 9.74. The molecule has 2 aromatic carbocycles. The standard InChI is InChI=1S/C22H23FN4O3/c1-25-20-18(21(29)26(22(25)30)11-6-12-28)27(14-15-7-3-2-4-8-15)19(24-20)16-9-5-10-17(23)13-16/h2-5,7-10,13,22,28,30H,6,11-12,14H2,1H3. The highest BCUT2D eigenvalue weighted by Gasteiger charge is 2.39. The number of carbonyl (C=O) groups is 1. The molecular formula is C22H23FN4O3. The fraction of sp³-hybridized carbons (Fsp3) is 0.273. The Balaban J connectivity index is 1.88. The van der Waals surface area contributed by atoms with Crippen molar-refractivity contribution < 1.29 is 19.4 Å². The van der Waals surface area contributed by atoms with Gasteiger partial charge in [-0.3, -0.25) is 9.69 Å². The van der Waals surface area contributed by atoms with E-state index in [0.29, 0.717) is 35.9 Å². The molecule has 156 valence electrons. The molecule has 0 fully saturated rings. The molecule has 1 unspecified atom stereocenters. The van der Waals surface area contributed by atoms with Gasteiger partial charge in [0, 0.05) is 32.3 Å². The van der Waals surface area contributed by atoms with Crippen LogP contribution in [-0.2, 0) is 6.54 Å².